The molecule has 0 spiro atoms. The van der Waals surface area contributed by atoms with Crippen LogP contribution in [0.3, 0.4) is 0 Å². The van der Waals surface area contributed by atoms with Crippen molar-refractivity contribution in [3.63, 3.8) is 0 Å². The number of ketones is 1. The van der Waals surface area contributed by atoms with E-state index in [1.165, 1.54) is 33.4 Å². The summed E-state index contributed by atoms with van der Waals surface area (Å²) in [7, 11) is 0. The Kier molecular flexibility index (Phi) is 4.65. The van der Waals surface area contributed by atoms with E-state index in [1.807, 2.05) is 18.2 Å². The van der Waals surface area contributed by atoms with E-state index in [9.17, 15) is 4.79 Å². The summed E-state index contributed by atoms with van der Waals surface area (Å²) in [4.78, 5) is 11.8. The number of allylic oxidation sites excluding steroid dienone is 1. The molecule has 2 aromatic rings. The van der Waals surface area contributed by atoms with E-state index in [1.54, 1.807) is 13.0 Å². The first kappa shape index (κ1) is 16.2. The lowest BCUT2D eigenvalue weighted by atomic mass is 9.83. The van der Waals surface area contributed by atoms with Crippen LogP contribution in [0, 0.1) is 34.6 Å². The Morgan fingerprint density at radius 2 is 1.23 bits per heavy atom. The Morgan fingerprint density at radius 3 is 1.68 bits per heavy atom. The molecule has 0 heterocycles. The normalized spacial score (nSPS) is 11.6. The first-order valence-electron chi connectivity index (χ1n) is 7.69. The van der Waals surface area contributed by atoms with Gasteiger partial charge in [0.25, 0.3) is 0 Å². The van der Waals surface area contributed by atoms with Gasteiger partial charge in [0.15, 0.2) is 5.78 Å². The summed E-state index contributed by atoms with van der Waals surface area (Å²) in [6, 6.07) is 10.2. The minimum absolute atomic E-state index is 0.0773. The number of hydrogen-bond acceptors (Lipinski definition) is 1. The molecule has 0 unspecified atom stereocenters. The predicted molar refractivity (Wildman–Crippen MR) is 94.3 cm³/mol. The van der Waals surface area contributed by atoms with E-state index in [-0.39, 0.29) is 5.78 Å². The van der Waals surface area contributed by atoms with Crippen LogP contribution in [0.2, 0.25) is 0 Å². The van der Waals surface area contributed by atoms with Crippen LogP contribution in [-0.2, 0) is 4.79 Å². The van der Waals surface area contributed by atoms with E-state index >= 15 is 0 Å². The first-order chi connectivity index (χ1) is 10.3. The van der Waals surface area contributed by atoms with Crippen molar-refractivity contribution in [2.75, 3.05) is 0 Å². The molecule has 22 heavy (non-hydrogen) atoms. The van der Waals surface area contributed by atoms with Gasteiger partial charge in [-0.15, -0.1) is 0 Å². The number of hydrogen-bond donors (Lipinski definition) is 0. The van der Waals surface area contributed by atoms with Gasteiger partial charge >= 0.3 is 0 Å². The highest BCUT2D eigenvalue weighted by atomic mass is 16.1. The third kappa shape index (κ3) is 2.89. The predicted octanol–water partition coefficient (Wildman–Crippen LogP) is 5.25. The summed E-state index contributed by atoms with van der Waals surface area (Å²) in [5.41, 5.74) is 9.79. The van der Waals surface area contributed by atoms with Crippen LogP contribution < -0.4 is 0 Å². The average Bonchev–Trinajstić information content (AvgIpc) is 2.50. The molecular weight excluding hydrogens is 268 g/mol. The summed E-state index contributed by atoms with van der Waals surface area (Å²) in [5, 5.41) is 0. The lowest BCUT2D eigenvalue weighted by Gasteiger charge is -2.21. The molecule has 0 aromatic heterocycles. The third-order valence-corrected chi connectivity index (χ3v) is 4.70. The van der Waals surface area contributed by atoms with Crippen molar-refractivity contribution >= 4 is 11.4 Å². The molecule has 0 atom stereocenters. The topological polar surface area (TPSA) is 17.1 Å². The van der Waals surface area contributed by atoms with Gasteiger partial charge in [0.1, 0.15) is 0 Å². The second-order valence-corrected chi connectivity index (χ2v) is 6.03. The Balaban J connectivity index is 2.83. The van der Waals surface area contributed by atoms with Crippen molar-refractivity contribution < 1.29 is 4.79 Å². The van der Waals surface area contributed by atoms with E-state index in [2.05, 4.69) is 46.8 Å². The zero-order valence-electron chi connectivity index (χ0n) is 14.4. The van der Waals surface area contributed by atoms with E-state index in [0.29, 0.717) is 0 Å². The van der Waals surface area contributed by atoms with Crippen LogP contribution in [-0.4, -0.2) is 5.78 Å². The van der Waals surface area contributed by atoms with Gasteiger partial charge in [-0.1, -0.05) is 30.3 Å². The van der Waals surface area contributed by atoms with Crippen LogP contribution >= 0.6 is 0 Å². The number of rotatable bonds is 3. The molecule has 0 aliphatic carbocycles. The fraction of sp³-hybridized carbons (Fsp3) is 0.286. The number of carbonyl (C=O) groups excluding carboxylic acids is 1. The summed E-state index contributed by atoms with van der Waals surface area (Å²) < 4.78 is 0. The summed E-state index contributed by atoms with van der Waals surface area (Å²) >= 11 is 0. The zero-order valence-corrected chi connectivity index (χ0v) is 14.4. The van der Waals surface area contributed by atoms with Gasteiger partial charge in [0.05, 0.1) is 0 Å². The fourth-order valence-electron chi connectivity index (χ4n) is 3.02. The molecule has 0 amide bonds. The molecular formula is C21H24O. The van der Waals surface area contributed by atoms with E-state index in [0.717, 1.165) is 11.1 Å². The summed E-state index contributed by atoms with van der Waals surface area (Å²) in [6.07, 6.45) is 1.76. The molecule has 2 aromatic carbocycles. The maximum absolute atomic E-state index is 11.8. The van der Waals surface area contributed by atoms with Crippen molar-refractivity contribution in [2.45, 2.75) is 41.5 Å². The van der Waals surface area contributed by atoms with E-state index < -0.39 is 0 Å². The average molecular weight is 292 g/mol. The van der Waals surface area contributed by atoms with Crippen LogP contribution in [0.4, 0.5) is 0 Å². The second kappa shape index (κ2) is 6.31. The zero-order chi connectivity index (χ0) is 16.4. The highest BCUT2D eigenvalue weighted by Gasteiger charge is 2.17. The molecule has 0 N–H and O–H groups in total. The van der Waals surface area contributed by atoms with Gasteiger partial charge in [-0.3, -0.25) is 4.79 Å². The fourth-order valence-corrected chi connectivity index (χ4v) is 3.02. The number of carbonyl (C=O) groups is 1. The minimum atomic E-state index is 0.0773. The maximum atomic E-state index is 11.8. The van der Waals surface area contributed by atoms with Gasteiger partial charge in [-0.25, -0.2) is 0 Å². The summed E-state index contributed by atoms with van der Waals surface area (Å²) in [6.45, 7) is 12.4. The third-order valence-electron chi connectivity index (χ3n) is 4.70. The molecule has 0 saturated carbocycles. The lowest BCUT2D eigenvalue weighted by Crippen LogP contribution is -2.04. The van der Waals surface area contributed by atoms with Gasteiger partial charge in [0, 0.05) is 0 Å². The Morgan fingerprint density at radius 1 is 0.773 bits per heavy atom. The van der Waals surface area contributed by atoms with Crippen molar-refractivity contribution in [2.24, 2.45) is 0 Å². The van der Waals surface area contributed by atoms with Gasteiger partial charge < -0.3 is 0 Å². The quantitative estimate of drug-likeness (QED) is 0.706. The van der Waals surface area contributed by atoms with Crippen LogP contribution in [0.1, 0.15) is 45.9 Å². The smallest absolute Gasteiger partial charge is 0.153 e. The molecule has 0 aliphatic rings. The highest BCUT2D eigenvalue weighted by molar-refractivity contribution is 6.00. The molecule has 0 aliphatic heterocycles. The van der Waals surface area contributed by atoms with Crippen molar-refractivity contribution in [1.29, 1.82) is 0 Å². The summed E-state index contributed by atoms with van der Waals surface area (Å²) in [5.74, 6) is 0.0773. The van der Waals surface area contributed by atoms with Crippen LogP contribution in [0.25, 0.3) is 5.57 Å². The second-order valence-electron chi connectivity index (χ2n) is 6.03. The van der Waals surface area contributed by atoms with Crippen molar-refractivity contribution in [3.8, 4) is 0 Å². The molecule has 114 valence electrons. The molecule has 0 radical (unpaired) electrons. The molecule has 0 fully saturated rings. The Labute approximate surface area is 133 Å². The molecule has 0 saturated heterocycles. The molecule has 1 heteroatoms. The molecule has 0 bridgehead atoms. The first-order valence-corrected chi connectivity index (χ1v) is 7.69. The van der Waals surface area contributed by atoms with Gasteiger partial charge in [0.2, 0.25) is 0 Å². The lowest BCUT2D eigenvalue weighted by molar-refractivity contribution is -0.112. The van der Waals surface area contributed by atoms with Crippen molar-refractivity contribution in [1.82, 2.24) is 0 Å². The van der Waals surface area contributed by atoms with Crippen molar-refractivity contribution in [3.05, 3.63) is 75.4 Å². The minimum Gasteiger partial charge on any atom is -0.295 e. The number of benzene rings is 2. The molecule has 2 rings (SSSR count). The molecule has 1 nitrogen and oxygen atoms in total. The Hall–Kier alpha value is -2.15. The monoisotopic (exact) mass is 292 g/mol. The SMILES string of the molecule is CC(=O)/C=C(/c1ccccc1)c1c(C)c(C)c(C)c(C)c1C. The van der Waals surface area contributed by atoms with E-state index in [4.69, 9.17) is 0 Å². The maximum Gasteiger partial charge on any atom is 0.153 e. The van der Waals surface area contributed by atoms with Gasteiger partial charge in [-0.05, 0) is 92.1 Å². The highest BCUT2D eigenvalue weighted by Crippen LogP contribution is 2.34. The largest absolute Gasteiger partial charge is 0.295 e. The van der Waals surface area contributed by atoms with Crippen LogP contribution in [0.5, 0.6) is 0 Å². The standard InChI is InChI=1S/C21H24O/c1-13(22)12-20(19-10-8-7-9-11-19)21-17(5)15(3)14(2)16(4)18(21)6/h7-12H,1-6H3/b20-12-. The van der Waals surface area contributed by atoms with Gasteiger partial charge in [-0.2, -0.15) is 0 Å². The Bertz CT molecular complexity index is 720. The van der Waals surface area contributed by atoms with Crippen LogP contribution in [0.15, 0.2) is 36.4 Å².